The van der Waals surface area contributed by atoms with Crippen LogP contribution >= 0.6 is 23.6 Å². The quantitative estimate of drug-likeness (QED) is 0.828. The molecule has 0 saturated heterocycles. The molecule has 1 aromatic heterocycles. The molecule has 0 spiro atoms. The lowest BCUT2D eigenvalue weighted by molar-refractivity contribution is 0.0924. The lowest BCUT2D eigenvalue weighted by Gasteiger charge is -2.29. The minimum absolute atomic E-state index is 0.0570. The molecule has 0 aliphatic heterocycles. The van der Waals surface area contributed by atoms with Crippen molar-refractivity contribution in [1.82, 2.24) is 5.32 Å². The van der Waals surface area contributed by atoms with Crippen LogP contribution < -0.4 is 11.1 Å². The number of hydrogen-bond donors (Lipinski definition) is 2. The van der Waals surface area contributed by atoms with Crippen molar-refractivity contribution >= 4 is 34.5 Å². The van der Waals surface area contributed by atoms with Crippen LogP contribution in [0.25, 0.3) is 0 Å². The van der Waals surface area contributed by atoms with Crippen molar-refractivity contribution in [3.63, 3.8) is 0 Å². The van der Waals surface area contributed by atoms with Gasteiger partial charge >= 0.3 is 0 Å². The molecule has 1 fully saturated rings. The van der Waals surface area contributed by atoms with Crippen LogP contribution in [0.3, 0.4) is 0 Å². The van der Waals surface area contributed by atoms with Crippen molar-refractivity contribution in [3.8, 4) is 0 Å². The van der Waals surface area contributed by atoms with E-state index < -0.39 is 5.54 Å². The van der Waals surface area contributed by atoms with Crippen LogP contribution in [0.2, 0.25) is 0 Å². The van der Waals surface area contributed by atoms with Gasteiger partial charge in [0, 0.05) is 5.38 Å². The smallest absolute Gasteiger partial charge is 0.253 e. The largest absolute Gasteiger partial charge is 0.391 e. The van der Waals surface area contributed by atoms with Gasteiger partial charge in [0.1, 0.15) is 0 Å². The molecule has 3 N–H and O–H groups in total. The topological polar surface area (TPSA) is 55.1 Å². The van der Waals surface area contributed by atoms with Gasteiger partial charge in [0.05, 0.1) is 16.1 Å². The summed E-state index contributed by atoms with van der Waals surface area (Å²) in [6, 6.07) is 0. The van der Waals surface area contributed by atoms with E-state index in [1.54, 1.807) is 0 Å². The van der Waals surface area contributed by atoms with E-state index in [1.165, 1.54) is 11.3 Å². The zero-order chi connectivity index (χ0) is 12.5. The molecule has 0 unspecified atom stereocenters. The molecule has 0 bridgehead atoms. The van der Waals surface area contributed by atoms with Gasteiger partial charge in [-0.15, -0.1) is 0 Å². The van der Waals surface area contributed by atoms with Gasteiger partial charge in [-0.25, -0.2) is 0 Å². The highest BCUT2D eigenvalue weighted by Gasteiger charge is 2.38. The maximum atomic E-state index is 12.2. The summed E-state index contributed by atoms with van der Waals surface area (Å²) in [6.07, 6.45) is 3.86. The predicted molar refractivity (Wildman–Crippen MR) is 74.5 cm³/mol. The molecule has 0 radical (unpaired) electrons. The summed E-state index contributed by atoms with van der Waals surface area (Å²) >= 11 is 6.65. The second-order valence-electron chi connectivity index (χ2n) is 4.58. The lowest BCUT2D eigenvalue weighted by atomic mass is 9.97. The fourth-order valence-corrected chi connectivity index (χ4v) is 3.37. The molecule has 1 saturated carbocycles. The van der Waals surface area contributed by atoms with E-state index in [9.17, 15) is 4.79 Å². The summed E-state index contributed by atoms with van der Waals surface area (Å²) in [4.78, 5) is 12.6. The van der Waals surface area contributed by atoms with E-state index in [1.807, 2.05) is 17.7 Å². The van der Waals surface area contributed by atoms with Crippen LogP contribution in [-0.4, -0.2) is 16.4 Å². The van der Waals surface area contributed by atoms with Gasteiger partial charge in [0.15, 0.2) is 0 Å². The zero-order valence-electron chi connectivity index (χ0n) is 9.79. The SMILES string of the molecule is Cc1cscc1C(=O)NC1(C(N)=S)CCCC1. The average molecular weight is 268 g/mol. The Bertz CT molecular complexity index is 447. The lowest BCUT2D eigenvalue weighted by Crippen LogP contribution is -2.54. The number of aryl methyl sites for hydroxylation is 1. The molecule has 1 heterocycles. The maximum absolute atomic E-state index is 12.2. The Morgan fingerprint density at radius 3 is 2.59 bits per heavy atom. The number of carbonyl (C=O) groups excluding carboxylic acids is 1. The number of nitrogens with two attached hydrogens (primary N) is 1. The summed E-state index contributed by atoms with van der Waals surface area (Å²) < 4.78 is 0. The van der Waals surface area contributed by atoms with Crippen LogP contribution in [0.4, 0.5) is 0 Å². The van der Waals surface area contributed by atoms with Crippen molar-refractivity contribution in [1.29, 1.82) is 0 Å². The summed E-state index contributed by atoms with van der Waals surface area (Å²) in [5, 5.41) is 6.87. The van der Waals surface area contributed by atoms with E-state index >= 15 is 0 Å². The van der Waals surface area contributed by atoms with Gasteiger partial charge in [0.2, 0.25) is 0 Å². The van der Waals surface area contributed by atoms with Crippen LogP contribution in [0.15, 0.2) is 10.8 Å². The van der Waals surface area contributed by atoms with Crippen molar-refractivity contribution in [2.45, 2.75) is 38.1 Å². The molecule has 0 atom stereocenters. The molecule has 1 aliphatic rings. The first-order valence-electron chi connectivity index (χ1n) is 5.70. The fraction of sp³-hybridized carbons (Fsp3) is 0.500. The van der Waals surface area contributed by atoms with E-state index in [-0.39, 0.29) is 5.91 Å². The highest BCUT2D eigenvalue weighted by Crippen LogP contribution is 2.30. The Morgan fingerprint density at radius 2 is 2.12 bits per heavy atom. The number of nitrogens with one attached hydrogen (secondary N) is 1. The summed E-state index contributed by atoms with van der Waals surface area (Å²) in [5.41, 5.74) is 7.07. The average Bonchev–Trinajstić information content (AvgIpc) is 2.87. The van der Waals surface area contributed by atoms with Crippen LogP contribution in [0, 0.1) is 6.92 Å². The number of thiocarbonyl (C=S) groups is 1. The minimum Gasteiger partial charge on any atom is -0.391 e. The minimum atomic E-state index is -0.458. The van der Waals surface area contributed by atoms with Crippen molar-refractivity contribution in [3.05, 3.63) is 21.9 Å². The highest BCUT2D eigenvalue weighted by molar-refractivity contribution is 7.80. The number of hydrogen-bond acceptors (Lipinski definition) is 3. The standard InChI is InChI=1S/C12H16N2OS2/c1-8-6-17-7-9(8)10(15)14-12(11(13)16)4-2-3-5-12/h6-7H,2-5H2,1H3,(H2,13,16)(H,14,15). The molecule has 3 nitrogen and oxygen atoms in total. The van der Waals surface area contributed by atoms with Crippen LogP contribution in [0.5, 0.6) is 0 Å². The molecular weight excluding hydrogens is 252 g/mol. The predicted octanol–water partition coefficient (Wildman–Crippen LogP) is 2.39. The van der Waals surface area contributed by atoms with E-state index in [4.69, 9.17) is 18.0 Å². The first kappa shape index (κ1) is 12.5. The molecule has 5 heteroatoms. The molecule has 2 rings (SSSR count). The Kier molecular flexibility index (Phi) is 3.49. The van der Waals surface area contributed by atoms with Gasteiger partial charge in [-0.3, -0.25) is 4.79 Å². The molecule has 0 aromatic carbocycles. The van der Waals surface area contributed by atoms with Gasteiger partial charge in [-0.2, -0.15) is 11.3 Å². The Balaban J connectivity index is 2.17. The maximum Gasteiger partial charge on any atom is 0.253 e. The normalized spacial score (nSPS) is 17.9. The summed E-state index contributed by atoms with van der Waals surface area (Å²) in [7, 11) is 0. The van der Waals surface area contributed by atoms with E-state index in [2.05, 4.69) is 5.32 Å². The third-order valence-electron chi connectivity index (χ3n) is 3.38. The third-order valence-corrected chi connectivity index (χ3v) is 4.63. The Hall–Kier alpha value is -0.940. The Morgan fingerprint density at radius 1 is 1.47 bits per heavy atom. The first-order valence-corrected chi connectivity index (χ1v) is 7.05. The summed E-state index contributed by atoms with van der Waals surface area (Å²) in [5.74, 6) is -0.0570. The van der Waals surface area contributed by atoms with Crippen molar-refractivity contribution < 1.29 is 4.79 Å². The van der Waals surface area contributed by atoms with Gasteiger partial charge in [-0.05, 0) is 30.7 Å². The van der Waals surface area contributed by atoms with Crippen molar-refractivity contribution in [2.75, 3.05) is 0 Å². The van der Waals surface area contributed by atoms with Crippen molar-refractivity contribution in [2.24, 2.45) is 5.73 Å². The Labute approximate surface area is 110 Å². The fourth-order valence-electron chi connectivity index (χ4n) is 2.29. The van der Waals surface area contributed by atoms with Gasteiger partial charge in [0.25, 0.3) is 5.91 Å². The number of thiophene rings is 1. The first-order chi connectivity index (χ1) is 8.05. The molecule has 1 aromatic rings. The molecule has 17 heavy (non-hydrogen) atoms. The van der Waals surface area contributed by atoms with Gasteiger partial charge in [-0.1, -0.05) is 25.1 Å². The van der Waals surface area contributed by atoms with Crippen LogP contribution in [0.1, 0.15) is 41.6 Å². The number of carbonyl (C=O) groups is 1. The number of amides is 1. The zero-order valence-corrected chi connectivity index (χ0v) is 11.4. The van der Waals surface area contributed by atoms with E-state index in [0.29, 0.717) is 4.99 Å². The summed E-state index contributed by atoms with van der Waals surface area (Å²) in [6.45, 7) is 1.94. The number of rotatable bonds is 3. The second-order valence-corrected chi connectivity index (χ2v) is 5.76. The monoisotopic (exact) mass is 268 g/mol. The highest BCUT2D eigenvalue weighted by atomic mass is 32.1. The third kappa shape index (κ3) is 2.35. The molecule has 1 amide bonds. The second kappa shape index (κ2) is 4.74. The molecule has 92 valence electrons. The van der Waals surface area contributed by atoms with Gasteiger partial charge < -0.3 is 11.1 Å². The van der Waals surface area contributed by atoms with Crippen LogP contribution in [-0.2, 0) is 0 Å². The molecule has 1 aliphatic carbocycles. The van der Waals surface area contributed by atoms with E-state index in [0.717, 1.165) is 36.8 Å². The molecular formula is C12H16N2OS2.